The van der Waals surface area contributed by atoms with Crippen molar-refractivity contribution < 1.29 is 28.3 Å². The fourth-order valence-corrected chi connectivity index (χ4v) is 6.03. The monoisotopic (exact) mass is 704 g/mol. The predicted octanol–water partition coefficient (Wildman–Crippen LogP) is 5.78. The lowest BCUT2D eigenvalue weighted by atomic mass is 9.85. The molecule has 1 fully saturated rings. The molecule has 3 atom stereocenters. The Morgan fingerprint density at radius 1 is 1.06 bits per heavy atom. The summed E-state index contributed by atoms with van der Waals surface area (Å²) in [5, 5.41) is 7.38. The molecule has 2 aromatic carbocycles. The minimum Gasteiger partial charge on any atom is -0.444 e. The third-order valence-electron chi connectivity index (χ3n) is 9.10. The van der Waals surface area contributed by atoms with Gasteiger partial charge in [0.1, 0.15) is 23.5 Å². The van der Waals surface area contributed by atoms with Crippen LogP contribution in [0.25, 0.3) is 5.69 Å². The molecule has 3 aromatic rings. The number of aryl methyl sites for hydroxylation is 1. The fraction of sp³-hybridized carbons (Fsp3) is 0.513. The van der Waals surface area contributed by atoms with Gasteiger partial charge >= 0.3 is 6.09 Å². The summed E-state index contributed by atoms with van der Waals surface area (Å²) < 4.78 is 20.7. The average molecular weight is 705 g/mol. The molecular formula is C39H53FN6O5. The second kappa shape index (κ2) is 16.1. The van der Waals surface area contributed by atoms with Crippen molar-refractivity contribution in [2.75, 3.05) is 26.7 Å². The number of ether oxygens (including phenoxy) is 1. The van der Waals surface area contributed by atoms with Gasteiger partial charge in [-0.2, -0.15) is 5.10 Å². The zero-order valence-electron chi connectivity index (χ0n) is 31.4. The minimum atomic E-state index is -0.896. The Hall–Kier alpha value is -4.74. The summed E-state index contributed by atoms with van der Waals surface area (Å²) in [6, 6.07) is 11.9. The number of benzene rings is 2. The van der Waals surface area contributed by atoms with Gasteiger partial charge in [-0.3, -0.25) is 19.3 Å². The van der Waals surface area contributed by atoms with Crippen LogP contribution in [0.5, 0.6) is 0 Å². The van der Waals surface area contributed by atoms with E-state index in [1.807, 2.05) is 52.0 Å². The maximum absolute atomic E-state index is 14.3. The molecule has 11 nitrogen and oxygen atoms in total. The molecule has 4 amide bonds. The van der Waals surface area contributed by atoms with Crippen molar-refractivity contribution >= 4 is 23.8 Å². The van der Waals surface area contributed by atoms with E-state index in [0.29, 0.717) is 31.5 Å². The largest absolute Gasteiger partial charge is 0.444 e. The molecule has 4 rings (SSSR count). The molecular weight excluding hydrogens is 651 g/mol. The first-order chi connectivity index (χ1) is 23.8. The SMILES string of the molecule is Cc1cccc(-n2cc(C(=O)N(CCc3ccc(F)cc3)C[C@@H]3CCCN3C(=O)[C@@H](NC(=O)[C@H](C)N(C)C(=O)OC(C)(C)C)C(C)(C)C)cn2)c1. The Labute approximate surface area is 301 Å². The highest BCUT2D eigenvalue weighted by atomic mass is 19.1. The van der Waals surface area contributed by atoms with Crippen LogP contribution in [0.3, 0.4) is 0 Å². The van der Waals surface area contributed by atoms with Gasteiger partial charge in [0, 0.05) is 38.9 Å². The Morgan fingerprint density at radius 3 is 2.37 bits per heavy atom. The number of likely N-dealkylation sites (N-methyl/N-ethyl adjacent to an activating group) is 1. The molecule has 1 aliphatic rings. The van der Waals surface area contributed by atoms with Crippen LogP contribution < -0.4 is 5.32 Å². The normalized spacial score (nSPS) is 16.0. The summed E-state index contributed by atoms with van der Waals surface area (Å²) in [5.41, 5.74) is 1.80. The van der Waals surface area contributed by atoms with Crippen molar-refractivity contribution in [2.45, 2.75) is 98.4 Å². The van der Waals surface area contributed by atoms with Gasteiger partial charge in [-0.25, -0.2) is 13.9 Å². The Balaban J connectivity index is 1.54. The molecule has 0 bridgehead atoms. The second-order valence-corrected chi connectivity index (χ2v) is 15.5. The van der Waals surface area contributed by atoms with Crippen molar-refractivity contribution in [1.82, 2.24) is 29.8 Å². The van der Waals surface area contributed by atoms with Gasteiger partial charge < -0.3 is 19.9 Å². The summed E-state index contributed by atoms with van der Waals surface area (Å²) in [7, 11) is 1.49. The van der Waals surface area contributed by atoms with E-state index in [0.717, 1.165) is 23.2 Å². The van der Waals surface area contributed by atoms with Crippen LogP contribution in [0.2, 0.25) is 0 Å². The molecule has 1 aliphatic heterocycles. The standard InChI is InChI=1S/C39H53FN6O5/c1-26-12-10-13-31(22-26)46-24-29(23-41-46)35(48)44(21-19-28-15-17-30(40)18-16-28)25-32-14-11-20-45(32)36(49)33(38(3,4)5)42-34(47)27(2)43(9)37(50)51-39(6,7)8/h10,12-13,15-18,22-24,27,32-33H,11,14,19-21,25H2,1-9H3,(H,42,47)/t27-,32-,33+/m0/s1. The maximum Gasteiger partial charge on any atom is 0.410 e. The van der Waals surface area contributed by atoms with Crippen molar-refractivity contribution in [3.63, 3.8) is 0 Å². The Bertz CT molecular complexity index is 1690. The van der Waals surface area contributed by atoms with Crippen LogP contribution in [0.1, 0.15) is 82.8 Å². The molecule has 276 valence electrons. The molecule has 12 heteroatoms. The highest BCUT2D eigenvalue weighted by Crippen LogP contribution is 2.27. The molecule has 1 aromatic heterocycles. The fourth-order valence-electron chi connectivity index (χ4n) is 6.03. The topological polar surface area (TPSA) is 117 Å². The zero-order valence-corrected chi connectivity index (χ0v) is 31.4. The molecule has 0 aliphatic carbocycles. The third kappa shape index (κ3) is 10.4. The lowest BCUT2D eigenvalue weighted by Crippen LogP contribution is -2.59. The zero-order chi connectivity index (χ0) is 37.7. The molecule has 0 unspecified atom stereocenters. The summed E-state index contributed by atoms with van der Waals surface area (Å²) in [4.78, 5) is 59.3. The second-order valence-electron chi connectivity index (χ2n) is 15.5. The molecule has 51 heavy (non-hydrogen) atoms. The van der Waals surface area contributed by atoms with Crippen LogP contribution in [0.15, 0.2) is 60.9 Å². The van der Waals surface area contributed by atoms with Gasteiger partial charge in [0.2, 0.25) is 11.8 Å². The first kappa shape index (κ1) is 39.1. The Morgan fingerprint density at radius 2 is 1.75 bits per heavy atom. The smallest absolute Gasteiger partial charge is 0.410 e. The van der Waals surface area contributed by atoms with Crippen LogP contribution in [0.4, 0.5) is 9.18 Å². The number of amides is 4. The van der Waals surface area contributed by atoms with Crippen LogP contribution >= 0.6 is 0 Å². The summed E-state index contributed by atoms with van der Waals surface area (Å²) in [5.74, 6) is -1.28. The first-order valence-corrected chi connectivity index (χ1v) is 17.6. The molecule has 1 N–H and O–H groups in total. The van der Waals surface area contributed by atoms with Crippen LogP contribution in [-0.4, -0.2) is 98.7 Å². The van der Waals surface area contributed by atoms with Crippen molar-refractivity contribution in [1.29, 1.82) is 0 Å². The highest BCUT2D eigenvalue weighted by molar-refractivity contribution is 5.94. The van der Waals surface area contributed by atoms with Gasteiger partial charge in [0.15, 0.2) is 0 Å². The predicted molar refractivity (Wildman–Crippen MR) is 194 cm³/mol. The van der Waals surface area contributed by atoms with Crippen LogP contribution in [0, 0.1) is 18.2 Å². The van der Waals surface area contributed by atoms with Gasteiger partial charge in [-0.15, -0.1) is 0 Å². The van der Waals surface area contributed by atoms with E-state index in [1.54, 1.807) is 66.7 Å². The molecule has 2 heterocycles. The maximum atomic E-state index is 14.3. The number of hydrogen-bond donors (Lipinski definition) is 1. The number of likely N-dealkylation sites (tertiary alicyclic amines) is 1. The van der Waals surface area contributed by atoms with Crippen molar-refractivity contribution in [2.24, 2.45) is 5.41 Å². The Kier molecular flexibility index (Phi) is 12.3. The molecule has 1 saturated heterocycles. The average Bonchev–Trinajstić information content (AvgIpc) is 3.74. The van der Waals surface area contributed by atoms with E-state index in [1.165, 1.54) is 24.1 Å². The van der Waals surface area contributed by atoms with E-state index in [9.17, 15) is 23.6 Å². The lowest BCUT2D eigenvalue weighted by Gasteiger charge is -2.38. The molecule has 0 spiro atoms. The quantitative estimate of drug-likeness (QED) is 0.271. The van der Waals surface area contributed by atoms with E-state index in [4.69, 9.17) is 4.74 Å². The number of hydrogen-bond acceptors (Lipinski definition) is 6. The molecule has 0 saturated carbocycles. The van der Waals surface area contributed by atoms with E-state index in [-0.39, 0.29) is 30.2 Å². The number of aromatic nitrogens is 2. The number of rotatable bonds is 11. The summed E-state index contributed by atoms with van der Waals surface area (Å²) in [6.07, 6.45) is 4.52. The lowest BCUT2D eigenvalue weighted by molar-refractivity contribution is -0.141. The minimum absolute atomic E-state index is 0.227. The number of nitrogens with zero attached hydrogens (tertiary/aromatic N) is 5. The highest BCUT2D eigenvalue weighted by Gasteiger charge is 2.41. The van der Waals surface area contributed by atoms with Gasteiger partial charge in [-0.1, -0.05) is 45.0 Å². The number of halogens is 1. The van der Waals surface area contributed by atoms with Gasteiger partial charge in [0.25, 0.3) is 5.91 Å². The summed E-state index contributed by atoms with van der Waals surface area (Å²) >= 11 is 0. The van der Waals surface area contributed by atoms with Crippen LogP contribution in [-0.2, 0) is 20.7 Å². The number of carbonyl (C=O) groups is 4. The van der Waals surface area contributed by atoms with Crippen molar-refractivity contribution in [3.05, 3.63) is 83.4 Å². The third-order valence-corrected chi connectivity index (χ3v) is 9.10. The first-order valence-electron chi connectivity index (χ1n) is 17.6. The van der Waals surface area contributed by atoms with E-state index < -0.39 is 35.1 Å². The number of nitrogens with one attached hydrogen (secondary N) is 1. The van der Waals surface area contributed by atoms with Gasteiger partial charge in [-0.05, 0) is 94.7 Å². The number of carbonyl (C=O) groups excluding carboxylic acids is 4. The van der Waals surface area contributed by atoms with E-state index >= 15 is 0 Å². The van der Waals surface area contributed by atoms with Gasteiger partial charge in [0.05, 0.1) is 17.4 Å². The van der Waals surface area contributed by atoms with Crippen molar-refractivity contribution in [3.8, 4) is 5.69 Å². The molecule has 0 radical (unpaired) electrons. The summed E-state index contributed by atoms with van der Waals surface area (Å²) in [6.45, 7) is 15.6. The van der Waals surface area contributed by atoms with E-state index in [2.05, 4.69) is 10.4 Å².